The molecule has 1 aromatic rings. The first-order chi connectivity index (χ1) is 11.6. The standard InChI is InChI=1S/C17H24F2N4O2/c1-16(2,3)25-15(24)23-9-11-7-22(8-12(10-23)17(11,18)19)13-4-5-14(20)21-6-13/h4-6,11-12H,7-10H2,1-3H3,(H2,20,21)/t11-,12+. The number of likely N-dealkylation sites (tertiary alicyclic amines) is 1. The Morgan fingerprint density at radius 1 is 1.24 bits per heavy atom. The number of fused-ring (bicyclic) bond motifs is 2. The van der Waals surface area contributed by atoms with Gasteiger partial charge in [0.25, 0.3) is 5.92 Å². The molecule has 0 radical (unpaired) electrons. The van der Waals surface area contributed by atoms with E-state index in [9.17, 15) is 13.6 Å². The number of anilines is 2. The first-order valence-corrected chi connectivity index (χ1v) is 8.38. The second-order valence-electron chi connectivity index (χ2n) is 7.80. The summed E-state index contributed by atoms with van der Waals surface area (Å²) in [7, 11) is 0. The molecule has 25 heavy (non-hydrogen) atoms. The van der Waals surface area contributed by atoms with Crippen LogP contribution in [0.25, 0.3) is 0 Å². The topological polar surface area (TPSA) is 71.7 Å². The van der Waals surface area contributed by atoms with E-state index in [1.54, 1.807) is 39.1 Å². The molecular weight excluding hydrogens is 330 g/mol. The zero-order valence-electron chi connectivity index (χ0n) is 14.7. The number of nitrogen functional groups attached to an aromatic ring is 1. The molecule has 2 atom stereocenters. The summed E-state index contributed by atoms with van der Waals surface area (Å²) in [5, 5.41) is 0. The fourth-order valence-electron chi connectivity index (χ4n) is 3.42. The van der Waals surface area contributed by atoms with Gasteiger partial charge in [0.05, 0.1) is 23.7 Å². The number of ether oxygens (including phenoxy) is 1. The maximum Gasteiger partial charge on any atom is 0.410 e. The third-order valence-electron chi connectivity index (χ3n) is 4.64. The van der Waals surface area contributed by atoms with Crippen LogP contribution in [0, 0.1) is 11.8 Å². The number of nitrogens with two attached hydrogens (primary N) is 1. The van der Waals surface area contributed by atoms with Gasteiger partial charge in [-0.1, -0.05) is 0 Å². The molecule has 2 bridgehead atoms. The quantitative estimate of drug-likeness (QED) is 0.839. The number of carbonyl (C=O) groups excluding carboxylic acids is 1. The van der Waals surface area contributed by atoms with E-state index in [-0.39, 0.29) is 26.2 Å². The number of aromatic nitrogens is 1. The molecule has 0 saturated carbocycles. The van der Waals surface area contributed by atoms with Gasteiger partial charge in [-0.15, -0.1) is 0 Å². The summed E-state index contributed by atoms with van der Waals surface area (Å²) >= 11 is 0. The lowest BCUT2D eigenvalue weighted by atomic mass is 9.80. The van der Waals surface area contributed by atoms with E-state index in [1.165, 1.54) is 4.90 Å². The number of hydrogen-bond acceptors (Lipinski definition) is 5. The summed E-state index contributed by atoms with van der Waals surface area (Å²) in [5.74, 6) is -4.28. The Hall–Kier alpha value is -2.12. The number of pyridine rings is 1. The van der Waals surface area contributed by atoms with Crippen molar-refractivity contribution < 1.29 is 18.3 Å². The van der Waals surface area contributed by atoms with Gasteiger partial charge in [0, 0.05) is 26.2 Å². The zero-order valence-corrected chi connectivity index (χ0v) is 14.7. The lowest BCUT2D eigenvalue weighted by Crippen LogP contribution is -2.64. The second-order valence-corrected chi connectivity index (χ2v) is 7.80. The van der Waals surface area contributed by atoms with E-state index < -0.39 is 29.5 Å². The van der Waals surface area contributed by atoms with Gasteiger partial charge in [0.2, 0.25) is 0 Å². The molecule has 2 aliphatic heterocycles. The predicted octanol–water partition coefficient (Wildman–Crippen LogP) is 2.60. The van der Waals surface area contributed by atoms with Crippen LogP contribution in [-0.2, 0) is 4.74 Å². The van der Waals surface area contributed by atoms with Gasteiger partial charge in [-0.25, -0.2) is 18.6 Å². The third-order valence-corrected chi connectivity index (χ3v) is 4.64. The average Bonchev–Trinajstić information content (AvgIpc) is 2.45. The van der Waals surface area contributed by atoms with Crippen LogP contribution < -0.4 is 10.6 Å². The first kappa shape index (κ1) is 17.7. The molecule has 8 heteroatoms. The molecular formula is C17H24F2N4O2. The van der Waals surface area contributed by atoms with Gasteiger partial charge in [0.15, 0.2) is 0 Å². The second kappa shape index (κ2) is 6.00. The molecule has 1 amide bonds. The Morgan fingerprint density at radius 2 is 1.84 bits per heavy atom. The molecule has 2 fully saturated rings. The van der Waals surface area contributed by atoms with Crippen molar-refractivity contribution in [2.24, 2.45) is 11.8 Å². The van der Waals surface area contributed by atoms with Gasteiger partial charge < -0.3 is 20.3 Å². The Bertz CT molecular complexity index is 627. The highest BCUT2D eigenvalue weighted by Crippen LogP contribution is 2.43. The average molecular weight is 354 g/mol. The summed E-state index contributed by atoms with van der Waals surface area (Å²) in [6.07, 6.45) is 1.07. The number of rotatable bonds is 1. The van der Waals surface area contributed by atoms with Gasteiger partial charge >= 0.3 is 6.09 Å². The molecule has 0 unspecified atom stereocenters. The van der Waals surface area contributed by atoms with Crippen molar-refractivity contribution in [3.05, 3.63) is 18.3 Å². The molecule has 3 rings (SSSR count). The molecule has 2 N–H and O–H groups in total. The van der Waals surface area contributed by atoms with E-state index in [4.69, 9.17) is 10.5 Å². The highest BCUT2D eigenvalue weighted by Gasteiger charge is 2.56. The SMILES string of the molecule is CC(C)(C)OC(=O)N1C[C@@H]2CN(c3ccc(N)nc3)C[C@H](C1)C2(F)F. The molecule has 138 valence electrons. The smallest absolute Gasteiger partial charge is 0.410 e. The molecule has 6 nitrogen and oxygen atoms in total. The largest absolute Gasteiger partial charge is 0.444 e. The van der Waals surface area contributed by atoms with Crippen molar-refractivity contribution in [1.29, 1.82) is 0 Å². The maximum absolute atomic E-state index is 14.6. The lowest BCUT2D eigenvalue weighted by Gasteiger charge is -2.50. The fourth-order valence-corrected chi connectivity index (χ4v) is 3.42. The van der Waals surface area contributed by atoms with Crippen molar-refractivity contribution in [2.75, 3.05) is 36.8 Å². The predicted molar refractivity (Wildman–Crippen MR) is 90.6 cm³/mol. The van der Waals surface area contributed by atoms with Crippen LogP contribution in [0.1, 0.15) is 20.8 Å². The molecule has 1 aromatic heterocycles. The van der Waals surface area contributed by atoms with Crippen molar-refractivity contribution in [3.8, 4) is 0 Å². The van der Waals surface area contributed by atoms with Gasteiger partial charge in [-0.3, -0.25) is 0 Å². The van der Waals surface area contributed by atoms with Crippen LogP contribution in [0.4, 0.5) is 25.1 Å². The number of nitrogens with zero attached hydrogens (tertiary/aromatic N) is 3. The molecule has 2 saturated heterocycles. The number of carbonyl (C=O) groups is 1. The number of hydrogen-bond donors (Lipinski definition) is 1. The Balaban J connectivity index is 1.75. The van der Waals surface area contributed by atoms with Crippen LogP contribution in [0.2, 0.25) is 0 Å². The monoisotopic (exact) mass is 354 g/mol. The van der Waals surface area contributed by atoms with E-state index in [2.05, 4.69) is 4.98 Å². The zero-order chi connectivity index (χ0) is 18.4. The molecule has 3 heterocycles. The first-order valence-electron chi connectivity index (χ1n) is 8.38. The number of alkyl halides is 2. The minimum Gasteiger partial charge on any atom is -0.444 e. The van der Waals surface area contributed by atoms with E-state index in [0.717, 1.165) is 5.69 Å². The molecule has 2 aliphatic rings. The Morgan fingerprint density at radius 3 is 2.32 bits per heavy atom. The summed E-state index contributed by atoms with van der Waals surface area (Å²) in [6.45, 7) is 5.58. The van der Waals surface area contributed by atoms with E-state index >= 15 is 0 Å². The van der Waals surface area contributed by atoms with Crippen molar-refractivity contribution in [1.82, 2.24) is 9.88 Å². The highest BCUT2D eigenvalue weighted by molar-refractivity contribution is 5.68. The number of amides is 1. The number of halogens is 2. The van der Waals surface area contributed by atoms with Crippen LogP contribution in [0.15, 0.2) is 18.3 Å². The van der Waals surface area contributed by atoms with Crippen LogP contribution in [0.3, 0.4) is 0 Å². The molecule has 0 aromatic carbocycles. The normalized spacial score (nSPS) is 25.6. The summed E-state index contributed by atoms with van der Waals surface area (Å²) < 4.78 is 34.5. The van der Waals surface area contributed by atoms with Crippen LogP contribution in [-0.4, -0.2) is 53.7 Å². The summed E-state index contributed by atoms with van der Waals surface area (Å²) in [4.78, 5) is 19.6. The highest BCUT2D eigenvalue weighted by atomic mass is 19.3. The summed E-state index contributed by atoms with van der Waals surface area (Å²) in [6, 6.07) is 3.44. The van der Waals surface area contributed by atoms with Crippen LogP contribution >= 0.6 is 0 Å². The van der Waals surface area contributed by atoms with Crippen molar-refractivity contribution >= 4 is 17.6 Å². The van der Waals surface area contributed by atoms with E-state index in [0.29, 0.717) is 5.82 Å². The van der Waals surface area contributed by atoms with Crippen molar-refractivity contribution in [3.63, 3.8) is 0 Å². The minimum atomic E-state index is -2.80. The Labute approximate surface area is 145 Å². The van der Waals surface area contributed by atoms with Gasteiger partial charge in [-0.05, 0) is 32.9 Å². The van der Waals surface area contributed by atoms with Crippen molar-refractivity contribution in [2.45, 2.75) is 32.3 Å². The number of piperidine rings is 2. The van der Waals surface area contributed by atoms with Gasteiger partial charge in [-0.2, -0.15) is 0 Å². The maximum atomic E-state index is 14.6. The lowest BCUT2D eigenvalue weighted by molar-refractivity contribution is -0.154. The third kappa shape index (κ3) is 3.62. The molecule has 0 spiro atoms. The fraction of sp³-hybridized carbons (Fsp3) is 0.647. The minimum absolute atomic E-state index is 0.0166. The molecule has 0 aliphatic carbocycles. The van der Waals surface area contributed by atoms with E-state index in [1.807, 2.05) is 4.90 Å². The van der Waals surface area contributed by atoms with Gasteiger partial charge in [0.1, 0.15) is 11.4 Å². The summed E-state index contributed by atoms with van der Waals surface area (Å²) in [5.41, 5.74) is 5.71. The Kier molecular flexibility index (Phi) is 4.25. The van der Waals surface area contributed by atoms with Crippen LogP contribution in [0.5, 0.6) is 0 Å².